The van der Waals surface area contributed by atoms with Crippen molar-refractivity contribution in [3.63, 3.8) is 0 Å². The summed E-state index contributed by atoms with van der Waals surface area (Å²) in [4.78, 5) is 24.4. The van der Waals surface area contributed by atoms with Gasteiger partial charge in [-0.25, -0.2) is 9.18 Å². The van der Waals surface area contributed by atoms with Gasteiger partial charge in [0, 0.05) is 11.6 Å². The number of hydrogen-bond acceptors (Lipinski definition) is 4. The molecule has 2 aromatic carbocycles. The summed E-state index contributed by atoms with van der Waals surface area (Å²) in [6, 6.07) is 12.0. The van der Waals surface area contributed by atoms with E-state index in [-0.39, 0.29) is 30.7 Å². The highest BCUT2D eigenvalue weighted by Gasteiger charge is 2.33. The second kappa shape index (κ2) is 11.1. The number of carbonyl (C=O) groups excluding carboxylic acids is 2. The molecule has 0 spiro atoms. The molecule has 31 heavy (non-hydrogen) atoms. The number of hydrogen-bond donors (Lipinski definition) is 4. The number of urea groups is 1. The maximum Gasteiger partial charge on any atom is 0.319 e. The van der Waals surface area contributed by atoms with Crippen LogP contribution in [0.5, 0.6) is 0 Å². The quantitative estimate of drug-likeness (QED) is 0.521. The van der Waals surface area contributed by atoms with Crippen LogP contribution in [0.15, 0.2) is 48.5 Å². The molecule has 166 valence electrons. The van der Waals surface area contributed by atoms with Gasteiger partial charge >= 0.3 is 6.03 Å². The lowest BCUT2D eigenvalue weighted by atomic mass is 9.97. The Hall–Kier alpha value is -2.68. The van der Waals surface area contributed by atoms with Gasteiger partial charge in [0.05, 0.1) is 30.9 Å². The molecule has 1 heterocycles. The number of carbonyl (C=O) groups is 2. The number of nitrogens with one attached hydrogen (secondary N) is 3. The number of aliphatic hydroxyl groups is 1. The number of aliphatic hydroxyl groups excluding tert-OH is 1. The standard InChI is InChI=1S/C22H25ClFN3O4/c23-15-7-5-14(6-8-15)12-25-21(29)11-16-9-10-19(20(13-28)31-16)27-22(30)26-18-4-2-1-3-17(18)24/h1-8,16,19-20,28H,9-13H2,(H,25,29)(H2,26,27,30)/t16-,19-,20-/m1/s1. The maximum atomic E-state index is 13.7. The Bertz CT molecular complexity index is 897. The predicted molar refractivity (Wildman–Crippen MR) is 115 cm³/mol. The van der Waals surface area contributed by atoms with Gasteiger partial charge in [0.2, 0.25) is 5.91 Å². The molecule has 1 fully saturated rings. The first-order valence-corrected chi connectivity index (χ1v) is 10.4. The molecule has 0 aromatic heterocycles. The van der Waals surface area contributed by atoms with E-state index in [1.165, 1.54) is 18.2 Å². The van der Waals surface area contributed by atoms with E-state index in [0.29, 0.717) is 24.4 Å². The van der Waals surface area contributed by atoms with Gasteiger partial charge in [0.15, 0.2) is 0 Å². The van der Waals surface area contributed by atoms with Crippen LogP contribution in [0.4, 0.5) is 14.9 Å². The number of benzene rings is 2. The van der Waals surface area contributed by atoms with E-state index in [4.69, 9.17) is 16.3 Å². The van der Waals surface area contributed by atoms with Crippen molar-refractivity contribution in [2.75, 3.05) is 11.9 Å². The molecule has 7 nitrogen and oxygen atoms in total. The van der Waals surface area contributed by atoms with Crippen LogP contribution in [-0.2, 0) is 16.1 Å². The van der Waals surface area contributed by atoms with Gasteiger partial charge < -0.3 is 25.8 Å². The smallest absolute Gasteiger partial charge is 0.319 e. The number of rotatable bonds is 7. The summed E-state index contributed by atoms with van der Waals surface area (Å²) >= 11 is 5.85. The molecule has 0 radical (unpaired) electrons. The molecule has 1 aliphatic heterocycles. The van der Waals surface area contributed by atoms with E-state index >= 15 is 0 Å². The fourth-order valence-corrected chi connectivity index (χ4v) is 3.54. The highest BCUT2D eigenvalue weighted by molar-refractivity contribution is 6.30. The fraction of sp³-hybridized carbons (Fsp3) is 0.364. The normalized spacial score (nSPS) is 20.7. The summed E-state index contributed by atoms with van der Waals surface area (Å²) in [6.07, 6.45) is 0.183. The van der Waals surface area contributed by atoms with E-state index in [0.717, 1.165) is 5.56 Å². The van der Waals surface area contributed by atoms with Crippen LogP contribution < -0.4 is 16.0 Å². The molecular formula is C22H25ClFN3O4. The van der Waals surface area contributed by atoms with Crippen molar-refractivity contribution >= 4 is 29.2 Å². The van der Waals surface area contributed by atoms with E-state index in [2.05, 4.69) is 16.0 Å². The van der Waals surface area contributed by atoms with E-state index in [1.807, 2.05) is 12.1 Å². The zero-order valence-electron chi connectivity index (χ0n) is 16.8. The third-order valence-electron chi connectivity index (χ3n) is 5.05. The summed E-state index contributed by atoms with van der Waals surface area (Å²) in [7, 11) is 0. The lowest BCUT2D eigenvalue weighted by molar-refractivity contribution is -0.130. The fourth-order valence-electron chi connectivity index (χ4n) is 3.42. The number of ether oxygens (including phenoxy) is 1. The molecule has 3 atom stereocenters. The molecule has 4 N–H and O–H groups in total. The predicted octanol–water partition coefficient (Wildman–Crippen LogP) is 3.22. The van der Waals surface area contributed by atoms with E-state index in [1.54, 1.807) is 18.2 Å². The zero-order valence-corrected chi connectivity index (χ0v) is 17.6. The largest absolute Gasteiger partial charge is 0.394 e. The van der Waals surface area contributed by atoms with Crippen LogP contribution in [0.25, 0.3) is 0 Å². The second-order valence-corrected chi connectivity index (χ2v) is 7.79. The Balaban J connectivity index is 1.45. The Kier molecular flexibility index (Phi) is 8.22. The van der Waals surface area contributed by atoms with Crippen LogP contribution >= 0.6 is 11.6 Å². The lowest BCUT2D eigenvalue weighted by Gasteiger charge is -2.35. The van der Waals surface area contributed by atoms with Gasteiger partial charge in [0.25, 0.3) is 0 Å². The van der Waals surface area contributed by atoms with Gasteiger partial charge in [-0.3, -0.25) is 4.79 Å². The Morgan fingerprint density at radius 2 is 1.87 bits per heavy atom. The second-order valence-electron chi connectivity index (χ2n) is 7.35. The molecule has 1 saturated heterocycles. The first-order chi connectivity index (χ1) is 14.9. The molecule has 9 heteroatoms. The summed E-state index contributed by atoms with van der Waals surface area (Å²) in [5, 5.41) is 18.3. The van der Waals surface area contributed by atoms with Crippen molar-refractivity contribution in [2.45, 2.75) is 44.1 Å². The molecule has 2 aromatic rings. The first kappa shape index (κ1) is 23.0. The average Bonchev–Trinajstić information content (AvgIpc) is 2.76. The van der Waals surface area contributed by atoms with Gasteiger partial charge in [-0.2, -0.15) is 0 Å². The third kappa shape index (κ3) is 6.92. The van der Waals surface area contributed by atoms with Gasteiger partial charge in [-0.1, -0.05) is 35.9 Å². The minimum absolute atomic E-state index is 0.0625. The zero-order chi connectivity index (χ0) is 22.2. The van der Waals surface area contributed by atoms with Crippen molar-refractivity contribution in [3.05, 3.63) is 64.9 Å². The molecule has 0 bridgehead atoms. The van der Waals surface area contributed by atoms with Crippen molar-refractivity contribution < 1.29 is 23.8 Å². The van der Waals surface area contributed by atoms with Crippen LogP contribution in [0, 0.1) is 5.82 Å². The average molecular weight is 450 g/mol. The van der Waals surface area contributed by atoms with Crippen molar-refractivity contribution in [3.8, 4) is 0 Å². The van der Waals surface area contributed by atoms with Crippen molar-refractivity contribution in [1.82, 2.24) is 10.6 Å². The highest BCUT2D eigenvalue weighted by atomic mass is 35.5. The van der Waals surface area contributed by atoms with Crippen LogP contribution in [-0.4, -0.2) is 41.9 Å². The molecule has 0 saturated carbocycles. The number of halogens is 2. The Morgan fingerprint density at radius 3 is 2.58 bits per heavy atom. The summed E-state index contributed by atoms with van der Waals surface area (Å²) in [6.45, 7) is 0.0695. The van der Waals surface area contributed by atoms with Crippen LogP contribution in [0.2, 0.25) is 5.02 Å². The monoisotopic (exact) mass is 449 g/mol. The molecule has 3 amide bonds. The van der Waals surface area contributed by atoms with Crippen molar-refractivity contribution in [1.29, 1.82) is 0 Å². The summed E-state index contributed by atoms with van der Waals surface area (Å²) in [5.41, 5.74) is 0.994. The third-order valence-corrected chi connectivity index (χ3v) is 5.30. The minimum atomic E-state index is -0.658. The number of anilines is 1. The lowest BCUT2D eigenvalue weighted by Crippen LogP contribution is -2.52. The van der Waals surface area contributed by atoms with E-state index < -0.39 is 24.0 Å². The molecule has 0 aliphatic carbocycles. The van der Waals surface area contributed by atoms with Crippen LogP contribution in [0.3, 0.4) is 0 Å². The van der Waals surface area contributed by atoms with Crippen molar-refractivity contribution in [2.24, 2.45) is 0 Å². The number of amides is 3. The van der Waals surface area contributed by atoms with Gasteiger partial charge in [-0.15, -0.1) is 0 Å². The number of para-hydroxylation sites is 1. The molecule has 1 aliphatic rings. The molecule has 3 rings (SSSR count). The first-order valence-electron chi connectivity index (χ1n) is 10.0. The van der Waals surface area contributed by atoms with Gasteiger partial charge in [0.1, 0.15) is 11.9 Å². The Morgan fingerprint density at radius 1 is 1.13 bits per heavy atom. The van der Waals surface area contributed by atoms with Crippen LogP contribution in [0.1, 0.15) is 24.8 Å². The Labute approximate surface area is 184 Å². The summed E-state index contributed by atoms with van der Waals surface area (Å²) in [5.74, 6) is -0.707. The maximum absolute atomic E-state index is 13.7. The SMILES string of the molecule is O=C(C[C@H]1CC[C@@H](NC(=O)Nc2ccccc2F)[C@@H](CO)O1)NCc1ccc(Cl)cc1. The topological polar surface area (TPSA) is 99.7 Å². The van der Waals surface area contributed by atoms with Gasteiger partial charge in [-0.05, 0) is 42.7 Å². The van der Waals surface area contributed by atoms with E-state index in [9.17, 15) is 19.1 Å². The minimum Gasteiger partial charge on any atom is -0.394 e. The molecule has 0 unspecified atom stereocenters. The molecular weight excluding hydrogens is 425 g/mol. The summed E-state index contributed by atoms with van der Waals surface area (Å²) < 4.78 is 19.5. The highest BCUT2D eigenvalue weighted by Crippen LogP contribution is 2.22.